The van der Waals surface area contributed by atoms with Gasteiger partial charge in [-0.3, -0.25) is 0 Å². The van der Waals surface area contributed by atoms with Gasteiger partial charge in [0.05, 0.1) is 12.6 Å². The lowest BCUT2D eigenvalue weighted by molar-refractivity contribution is 0.228. The highest BCUT2D eigenvalue weighted by Gasteiger charge is 2.18. The van der Waals surface area contributed by atoms with Gasteiger partial charge in [-0.1, -0.05) is 17.7 Å². The van der Waals surface area contributed by atoms with Crippen molar-refractivity contribution in [2.45, 2.75) is 53.1 Å². The molecule has 1 rings (SSSR count). The fourth-order valence-corrected chi connectivity index (χ4v) is 1.94. The van der Waals surface area contributed by atoms with E-state index in [1.54, 1.807) is 0 Å². The van der Waals surface area contributed by atoms with Crippen LogP contribution in [0.5, 0.6) is 5.75 Å². The fraction of sp³-hybridized carbons (Fsp3) is 0.562. The lowest BCUT2D eigenvalue weighted by Crippen LogP contribution is -2.47. The maximum Gasteiger partial charge on any atom is 0.315 e. The van der Waals surface area contributed by atoms with Crippen molar-refractivity contribution in [2.24, 2.45) is 0 Å². The second-order valence-corrected chi connectivity index (χ2v) is 6.04. The second-order valence-electron chi connectivity index (χ2n) is 6.04. The van der Waals surface area contributed by atoms with Gasteiger partial charge in [-0.05, 0) is 47.6 Å². The van der Waals surface area contributed by atoms with Crippen LogP contribution in [0.25, 0.3) is 0 Å². The Kier molecular flexibility index (Phi) is 5.43. The summed E-state index contributed by atoms with van der Waals surface area (Å²) in [6.45, 7) is 12.4. The van der Waals surface area contributed by atoms with E-state index in [0.29, 0.717) is 6.61 Å². The number of nitrogens with one attached hydrogen (secondary N) is 2. The van der Waals surface area contributed by atoms with Crippen molar-refractivity contribution >= 4 is 6.03 Å². The predicted octanol–water partition coefficient (Wildman–Crippen LogP) is 3.55. The van der Waals surface area contributed by atoms with Gasteiger partial charge in [-0.15, -0.1) is 0 Å². The molecule has 2 amide bonds. The van der Waals surface area contributed by atoms with Crippen LogP contribution in [0.4, 0.5) is 4.79 Å². The molecule has 0 spiro atoms. The summed E-state index contributed by atoms with van der Waals surface area (Å²) in [7, 11) is 0. The van der Waals surface area contributed by atoms with Gasteiger partial charge in [0.2, 0.25) is 0 Å². The number of carbonyl (C=O) groups excluding carboxylic acids is 1. The zero-order valence-electron chi connectivity index (χ0n) is 13.3. The minimum Gasteiger partial charge on any atom is -0.494 e. The standard InChI is InChI=1S/C16H26N2O2/c1-7-20-14-9-8-11(2)10-13(14)12(3)17-15(19)18-16(4,5)6/h8-10,12H,7H2,1-6H3,(H2,17,18,19). The summed E-state index contributed by atoms with van der Waals surface area (Å²) in [4.78, 5) is 11.9. The van der Waals surface area contributed by atoms with Crippen LogP contribution in [0.2, 0.25) is 0 Å². The molecule has 0 aromatic heterocycles. The van der Waals surface area contributed by atoms with E-state index >= 15 is 0 Å². The fourth-order valence-electron chi connectivity index (χ4n) is 1.94. The van der Waals surface area contributed by atoms with Crippen molar-refractivity contribution in [1.29, 1.82) is 0 Å². The minimum absolute atomic E-state index is 0.112. The number of benzene rings is 1. The maximum atomic E-state index is 11.9. The van der Waals surface area contributed by atoms with Gasteiger partial charge >= 0.3 is 6.03 Å². The summed E-state index contributed by atoms with van der Waals surface area (Å²) >= 11 is 0. The van der Waals surface area contributed by atoms with Crippen LogP contribution in [-0.2, 0) is 0 Å². The van der Waals surface area contributed by atoms with Crippen LogP contribution >= 0.6 is 0 Å². The summed E-state index contributed by atoms with van der Waals surface area (Å²) < 4.78 is 5.62. The molecule has 112 valence electrons. The molecule has 0 radical (unpaired) electrons. The quantitative estimate of drug-likeness (QED) is 0.885. The summed E-state index contributed by atoms with van der Waals surface area (Å²) in [6, 6.07) is 5.73. The molecule has 0 aliphatic carbocycles. The molecule has 1 unspecified atom stereocenters. The molecule has 2 N–H and O–H groups in total. The zero-order chi connectivity index (χ0) is 15.3. The molecule has 4 nitrogen and oxygen atoms in total. The van der Waals surface area contributed by atoms with Gasteiger partial charge in [0, 0.05) is 11.1 Å². The molecule has 0 bridgehead atoms. The number of urea groups is 1. The molecule has 1 aromatic rings. The van der Waals surface area contributed by atoms with Crippen LogP contribution in [-0.4, -0.2) is 18.2 Å². The molecule has 20 heavy (non-hydrogen) atoms. The predicted molar refractivity (Wildman–Crippen MR) is 82.2 cm³/mol. The topological polar surface area (TPSA) is 50.4 Å². The maximum absolute atomic E-state index is 11.9. The molecule has 0 saturated heterocycles. The largest absolute Gasteiger partial charge is 0.494 e. The highest BCUT2D eigenvalue weighted by molar-refractivity contribution is 5.75. The van der Waals surface area contributed by atoms with Gasteiger partial charge in [-0.2, -0.15) is 0 Å². The number of hydrogen-bond donors (Lipinski definition) is 2. The molecule has 0 fully saturated rings. The van der Waals surface area contributed by atoms with Crippen LogP contribution < -0.4 is 15.4 Å². The molecular formula is C16H26N2O2. The Balaban J connectivity index is 2.83. The normalized spacial score (nSPS) is 12.7. The second kappa shape index (κ2) is 6.64. The molecule has 1 atom stereocenters. The Morgan fingerprint density at radius 3 is 2.55 bits per heavy atom. The van der Waals surface area contributed by atoms with Crippen molar-refractivity contribution in [3.05, 3.63) is 29.3 Å². The summed E-state index contributed by atoms with van der Waals surface area (Å²) in [5.41, 5.74) is 1.89. The van der Waals surface area contributed by atoms with Crippen LogP contribution in [0.1, 0.15) is 51.8 Å². The Bertz CT molecular complexity index is 464. The first-order chi connectivity index (χ1) is 9.23. The van der Waals surface area contributed by atoms with E-state index in [0.717, 1.165) is 16.9 Å². The van der Waals surface area contributed by atoms with Gasteiger partial charge in [-0.25, -0.2) is 4.79 Å². The monoisotopic (exact) mass is 278 g/mol. The number of aryl methyl sites for hydroxylation is 1. The Hall–Kier alpha value is -1.71. The molecule has 0 aliphatic rings. The third-order valence-corrected chi connectivity index (χ3v) is 2.77. The van der Waals surface area contributed by atoms with E-state index in [-0.39, 0.29) is 17.6 Å². The van der Waals surface area contributed by atoms with Crippen molar-refractivity contribution < 1.29 is 9.53 Å². The molecule has 4 heteroatoms. The van der Waals surface area contributed by atoms with E-state index in [1.807, 2.05) is 59.7 Å². The van der Waals surface area contributed by atoms with Gasteiger partial charge in [0.15, 0.2) is 0 Å². The smallest absolute Gasteiger partial charge is 0.315 e. The van der Waals surface area contributed by atoms with E-state index in [4.69, 9.17) is 4.74 Å². The first-order valence-electron chi connectivity index (χ1n) is 7.05. The Labute approximate surface area is 121 Å². The van der Waals surface area contributed by atoms with Crippen LogP contribution in [0.15, 0.2) is 18.2 Å². The number of amides is 2. The lowest BCUT2D eigenvalue weighted by atomic mass is 10.0. The molecular weight excluding hydrogens is 252 g/mol. The van der Waals surface area contributed by atoms with Crippen molar-refractivity contribution in [3.63, 3.8) is 0 Å². The average Bonchev–Trinajstić information content (AvgIpc) is 2.29. The van der Waals surface area contributed by atoms with E-state index < -0.39 is 0 Å². The molecule has 0 saturated carbocycles. The van der Waals surface area contributed by atoms with Crippen molar-refractivity contribution in [1.82, 2.24) is 10.6 Å². The van der Waals surface area contributed by atoms with Gasteiger partial charge < -0.3 is 15.4 Å². The van der Waals surface area contributed by atoms with Gasteiger partial charge in [0.25, 0.3) is 0 Å². The first-order valence-corrected chi connectivity index (χ1v) is 7.05. The van der Waals surface area contributed by atoms with E-state index in [2.05, 4.69) is 10.6 Å². The van der Waals surface area contributed by atoms with Gasteiger partial charge in [0.1, 0.15) is 5.75 Å². The lowest BCUT2D eigenvalue weighted by Gasteiger charge is -2.24. The third kappa shape index (κ3) is 5.11. The molecule has 1 aromatic carbocycles. The highest BCUT2D eigenvalue weighted by atomic mass is 16.5. The number of carbonyl (C=O) groups is 1. The first kappa shape index (κ1) is 16.3. The van der Waals surface area contributed by atoms with Crippen LogP contribution in [0.3, 0.4) is 0 Å². The highest BCUT2D eigenvalue weighted by Crippen LogP contribution is 2.26. The summed E-state index contributed by atoms with van der Waals surface area (Å²) in [5.74, 6) is 0.821. The average molecular weight is 278 g/mol. The Morgan fingerprint density at radius 2 is 2.00 bits per heavy atom. The number of rotatable bonds is 4. The van der Waals surface area contributed by atoms with Crippen LogP contribution in [0, 0.1) is 6.92 Å². The minimum atomic E-state index is -0.251. The summed E-state index contributed by atoms with van der Waals surface area (Å²) in [6.07, 6.45) is 0. The zero-order valence-corrected chi connectivity index (χ0v) is 13.3. The van der Waals surface area contributed by atoms with E-state index in [9.17, 15) is 4.79 Å². The number of hydrogen-bond acceptors (Lipinski definition) is 2. The third-order valence-electron chi connectivity index (χ3n) is 2.77. The SMILES string of the molecule is CCOc1ccc(C)cc1C(C)NC(=O)NC(C)(C)C. The summed E-state index contributed by atoms with van der Waals surface area (Å²) in [5, 5.41) is 5.84. The molecule has 0 aliphatic heterocycles. The van der Waals surface area contributed by atoms with Crippen molar-refractivity contribution in [2.75, 3.05) is 6.61 Å². The molecule has 0 heterocycles. The number of ether oxygens (including phenoxy) is 1. The van der Waals surface area contributed by atoms with Crippen molar-refractivity contribution in [3.8, 4) is 5.75 Å². The Morgan fingerprint density at radius 1 is 1.35 bits per heavy atom. The van der Waals surface area contributed by atoms with E-state index in [1.165, 1.54) is 0 Å².